The predicted molar refractivity (Wildman–Crippen MR) is 80.4 cm³/mol. The third-order valence-corrected chi connectivity index (χ3v) is 4.08. The van der Waals surface area contributed by atoms with Gasteiger partial charge in [-0.3, -0.25) is 10.3 Å². The average molecular weight is 259 g/mol. The number of hydrogen-bond acceptors (Lipinski definition) is 2. The Kier molecular flexibility index (Phi) is 4.97. The van der Waals surface area contributed by atoms with Gasteiger partial charge in [0.1, 0.15) is 5.84 Å². The first-order valence-electron chi connectivity index (χ1n) is 7.34. The number of nitrogens with zero attached hydrogens (tertiary/aromatic N) is 1. The van der Waals surface area contributed by atoms with E-state index in [1.165, 1.54) is 44.3 Å². The monoisotopic (exact) mass is 259 g/mol. The number of piperidine rings is 1. The zero-order valence-corrected chi connectivity index (χ0v) is 11.9. The van der Waals surface area contributed by atoms with E-state index in [0.717, 1.165) is 18.0 Å². The highest BCUT2D eigenvalue weighted by molar-refractivity contribution is 5.94. The SMILES string of the molecule is CCCC1CCN(Cc2ccc(C(=N)N)cc2)CC1. The Balaban J connectivity index is 1.83. The van der Waals surface area contributed by atoms with Crippen LogP contribution in [0.3, 0.4) is 0 Å². The fourth-order valence-electron chi connectivity index (χ4n) is 2.89. The lowest BCUT2D eigenvalue weighted by Crippen LogP contribution is -2.33. The van der Waals surface area contributed by atoms with Crippen LogP contribution in [0.5, 0.6) is 0 Å². The van der Waals surface area contributed by atoms with E-state index in [9.17, 15) is 0 Å². The second-order valence-electron chi connectivity index (χ2n) is 5.62. The minimum Gasteiger partial charge on any atom is -0.384 e. The highest BCUT2D eigenvalue weighted by Gasteiger charge is 2.18. The fraction of sp³-hybridized carbons (Fsp3) is 0.562. The van der Waals surface area contributed by atoms with Gasteiger partial charge < -0.3 is 5.73 Å². The Bertz CT molecular complexity index is 403. The topological polar surface area (TPSA) is 53.1 Å². The zero-order valence-electron chi connectivity index (χ0n) is 11.9. The van der Waals surface area contributed by atoms with Crippen molar-refractivity contribution in [3.8, 4) is 0 Å². The van der Waals surface area contributed by atoms with Crippen molar-refractivity contribution in [2.24, 2.45) is 11.7 Å². The lowest BCUT2D eigenvalue weighted by atomic mass is 9.92. The van der Waals surface area contributed by atoms with Crippen LogP contribution in [0.1, 0.15) is 43.7 Å². The largest absolute Gasteiger partial charge is 0.384 e. The Morgan fingerprint density at radius 2 is 1.89 bits per heavy atom. The highest BCUT2D eigenvalue weighted by Crippen LogP contribution is 2.22. The number of amidine groups is 1. The molecule has 0 radical (unpaired) electrons. The molecule has 0 amide bonds. The number of likely N-dealkylation sites (tertiary alicyclic amines) is 1. The normalized spacial score (nSPS) is 17.5. The standard InChI is InChI=1S/C16H25N3/c1-2-3-13-8-10-19(11-9-13)12-14-4-6-15(7-5-14)16(17)18/h4-7,13H,2-3,8-12H2,1H3,(H3,17,18). The van der Waals surface area contributed by atoms with Crippen molar-refractivity contribution in [1.82, 2.24) is 4.90 Å². The second kappa shape index (κ2) is 6.71. The van der Waals surface area contributed by atoms with Crippen LogP contribution in [0.4, 0.5) is 0 Å². The maximum atomic E-state index is 7.39. The molecular formula is C16H25N3. The Labute approximate surface area is 116 Å². The van der Waals surface area contributed by atoms with Crippen LogP contribution in [-0.2, 0) is 6.54 Å². The third kappa shape index (κ3) is 4.06. The van der Waals surface area contributed by atoms with Crippen LogP contribution >= 0.6 is 0 Å². The van der Waals surface area contributed by atoms with Crippen molar-refractivity contribution in [1.29, 1.82) is 5.41 Å². The molecule has 0 aliphatic carbocycles. The van der Waals surface area contributed by atoms with Gasteiger partial charge in [-0.2, -0.15) is 0 Å². The van der Waals surface area contributed by atoms with Gasteiger partial charge in [-0.25, -0.2) is 0 Å². The number of nitrogens with two attached hydrogens (primary N) is 1. The van der Waals surface area contributed by atoms with Crippen LogP contribution < -0.4 is 5.73 Å². The maximum Gasteiger partial charge on any atom is 0.122 e. The first kappa shape index (κ1) is 14.1. The molecular weight excluding hydrogens is 234 g/mol. The summed E-state index contributed by atoms with van der Waals surface area (Å²) >= 11 is 0. The molecule has 3 N–H and O–H groups in total. The summed E-state index contributed by atoms with van der Waals surface area (Å²) in [6.07, 6.45) is 5.40. The summed E-state index contributed by atoms with van der Waals surface area (Å²) in [4.78, 5) is 2.54. The molecule has 0 aromatic heterocycles. The van der Waals surface area contributed by atoms with Gasteiger partial charge in [0, 0.05) is 12.1 Å². The molecule has 0 saturated carbocycles. The minimum atomic E-state index is 0.145. The van der Waals surface area contributed by atoms with Gasteiger partial charge in [-0.05, 0) is 37.4 Å². The van der Waals surface area contributed by atoms with Crippen LogP contribution in [-0.4, -0.2) is 23.8 Å². The van der Waals surface area contributed by atoms with Gasteiger partial charge in [0.2, 0.25) is 0 Å². The molecule has 19 heavy (non-hydrogen) atoms. The lowest BCUT2D eigenvalue weighted by molar-refractivity contribution is 0.172. The summed E-state index contributed by atoms with van der Waals surface area (Å²) < 4.78 is 0. The molecule has 104 valence electrons. The second-order valence-corrected chi connectivity index (χ2v) is 5.62. The third-order valence-electron chi connectivity index (χ3n) is 4.08. The smallest absolute Gasteiger partial charge is 0.122 e. The van der Waals surface area contributed by atoms with E-state index in [2.05, 4.69) is 24.0 Å². The van der Waals surface area contributed by atoms with Crippen molar-refractivity contribution in [3.63, 3.8) is 0 Å². The molecule has 2 rings (SSSR count). The van der Waals surface area contributed by atoms with E-state index in [0.29, 0.717) is 0 Å². The van der Waals surface area contributed by atoms with Gasteiger partial charge in [-0.1, -0.05) is 44.0 Å². The van der Waals surface area contributed by atoms with Gasteiger partial charge in [0.25, 0.3) is 0 Å². The Morgan fingerprint density at radius 1 is 1.26 bits per heavy atom. The molecule has 3 nitrogen and oxygen atoms in total. The van der Waals surface area contributed by atoms with Gasteiger partial charge >= 0.3 is 0 Å². The van der Waals surface area contributed by atoms with E-state index in [1.54, 1.807) is 0 Å². The van der Waals surface area contributed by atoms with Crippen molar-refractivity contribution in [2.45, 2.75) is 39.2 Å². The molecule has 0 unspecified atom stereocenters. The van der Waals surface area contributed by atoms with Crippen molar-refractivity contribution in [3.05, 3.63) is 35.4 Å². The van der Waals surface area contributed by atoms with E-state index in [1.807, 2.05) is 12.1 Å². The highest BCUT2D eigenvalue weighted by atomic mass is 15.1. The quantitative estimate of drug-likeness (QED) is 0.631. The van der Waals surface area contributed by atoms with Crippen molar-refractivity contribution >= 4 is 5.84 Å². The Morgan fingerprint density at radius 3 is 2.42 bits per heavy atom. The number of nitrogens with one attached hydrogen (secondary N) is 1. The summed E-state index contributed by atoms with van der Waals surface area (Å²) in [5, 5.41) is 7.39. The van der Waals surface area contributed by atoms with Gasteiger partial charge in [0.05, 0.1) is 0 Å². The molecule has 1 fully saturated rings. The number of nitrogen functional groups attached to an aromatic ring is 1. The van der Waals surface area contributed by atoms with Crippen LogP contribution in [0.2, 0.25) is 0 Å². The summed E-state index contributed by atoms with van der Waals surface area (Å²) in [5.41, 5.74) is 7.59. The predicted octanol–water partition coefficient (Wildman–Crippen LogP) is 2.98. The summed E-state index contributed by atoms with van der Waals surface area (Å²) in [7, 11) is 0. The van der Waals surface area contributed by atoms with E-state index >= 15 is 0 Å². The summed E-state index contributed by atoms with van der Waals surface area (Å²) in [5.74, 6) is 1.09. The molecule has 1 aromatic rings. The Hall–Kier alpha value is -1.35. The number of hydrogen-bond donors (Lipinski definition) is 2. The fourth-order valence-corrected chi connectivity index (χ4v) is 2.89. The summed E-state index contributed by atoms with van der Waals surface area (Å²) in [6, 6.07) is 8.08. The van der Waals surface area contributed by atoms with Gasteiger partial charge in [0.15, 0.2) is 0 Å². The lowest BCUT2D eigenvalue weighted by Gasteiger charge is -2.31. The van der Waals surface area contributed by atoms with Crippen molar-refractivity contribution < 1.29 is 0 Å². The molecule has 1 aromatic carbocycles. The minimum absolute atomic E-state index is 0.145. The van der Waals surface area contributed by atoms with E-state index < -0.39 is 0 Å². The molecule has 1 saturated heterocycles. The summed E-state index contributed by atoms with van der Waals surface area (Å²) in [6.45, 7) is 5.75. The maximum absolute atomic E-state index is 7.39. The zero-order chi connectivity index (χ0) is 13.7. The molecule has 0 spiro atoms. The first-order valence-corrected chi connectivity index (χ1v) is 7.34. The first-order chi connectivity index (χ1) is 9.19. The molecule has 0 atom stereocenters. The van der Waals surface area contributed by atoms with E-state index in [-0.39, 0.29) is 5.84 Å². The molecule has 1 aliphatic heterocycles. The molecule has 0 bridgehead atoms. The number of benzene rings is 1. The molecule has 1 heterocycles. The van der Waals surface area contributed by atoms with Crippen LogP contribution in [0.25, 0.3) is 0 Å². The van der Waals surface area contributed by atoms with Crippen LogP contribution in [0, 0.1) is 11.3 Å². The molecule has 1 aliphatic rings. The molecule has 3 heteroatoms. The van der Waals surface area contributed by atoms with Crippen LogP contribution in [0.15, 0.2) is 24.3 Å². The average Bonchev–Trinajstić information content (AvgIpc) is 2.42. The van der Waals surface area contributed by atoms with E-state index in [4.69, 9.17) is 11.1 Å². The van der Waals surface area contributed by atoms with Gasteiger partial charge in [-0.15, -0.1) is 0 Å². The number of rotatable bonds is 5. The van der Waals surface area contributed by atoms with Crippen molar-refractivity contribution in [2.75, 3.05) is 13.1 Å².